The number of pyridine rings is 1. The molecule has 1 unspecified atom stereocenters. The van der Waals surface area contributed by atoms with Crippen LogP contribution in [-0.2, 0) is 16.0 Å². The molecule has 0 saturated heterocycles. The summed E-state index contributed by atoms with van der Waals surface area (Å²) in [5.41, 5.74) is 2.07. The second kappa shape index (κ2) is 7.73. The molecule has 2 aromatic heterocycles. The van der Waals surface area contributed by atoms with Gasteiger partial charge in [-0.3, -0.25) is 9.78 Å². The second-order valence-electron chi connectivity index (χ2n) is 4.60. The van der Waals surface area contributed by atoms with E-state index < -0.39 is 0 Å². The quantitative estimate of drug-likeness (QED) is 0.796. The van der Waals surface area contributed by atoms with E-state index in [4.69, 9.17) is 4.74 Å². The van der Waals surface area contributed by atoms with Crippen molar-refractivity contribution < 1.29 is 9.53 Å². The molecule has 5 nitrogen and oxygen atoms in total. The van der Waals surface area contributed by atoms with E-state index in [1.165, 1.54) is 0 Å². The van der Waals surface area contributed by atoms with Crippen LogP contribution < -0.4 is 5.32 Å². The lowest BCUT2D eigenvalue weighted by Crippen LogP contribution is -2.07. The molecule has 1 atom stereocenters. The van der Waals surface area contributed by atoms with Gasteiger partial charge in [-0.2, -0.15) is 0 Å². The number of esters is 1. The van der Waals surface area contributed by atoms with Crippen LogP contribution >= 0.6 is 11.3 Å². The minimum Gasteiger partial charge on any atom is -0.466 e. The zero-order chi connectivity index (χ0) is 15.1. The molecular weight excluding hydrogens is 286 g/mol. The van der Waals surface area contributed by atoms with Crippen molar-refractivity contribution >= 4 is 22.4 Å². The second-order valence-corrected chi connectivity index (χ2v) is 5.45. The van der Waals surface area contributed by atoms with Gasteiger partial charge in [0.1, 0.15) is 0 Å². The molecule has 0 saturated carbocycles. The van der Waals surface area contributed by atoms with Crippen molar-refractivity contribution in [2.24, 2.45) is 0 Å². The summed E-state index contributed by atoms with van der Waals surface area (Å²) in [5, 5.41) is 6.19. The Labute approximate surface area is 128 Å². The van der Waals surface area contributed by atoms with Gasteiger partial charge < -0.3 is 10.1 Å². The van der Waals surface area contributed by atoms with Crippen LogP contribution in [0.4, 0.5) is 5.13 Å². The molecule has 21 heavy (non-hydrogen) atoms. The summed E-state index contributed by atoms with van der Waals surface area (Å²) in [7, 11) is 0. The first-order valence-corrected chi connectivity index (χ1v) is 7.83. The van der Waals surface area contributed by atoms with Crippen molar-refractivity contribution in [1.82, 2.24) is 9.97 Å². The Bertz CT molecular complexity index is 571. The lowest BCUT2D eigenvalue weighted by atomic mass is 10.1. The maximum atomic E-state index is 11.3. The third kappa shape index (κ3) is 4.82. The summed E-state index contributed by atoms with van der Waals surface area (Å²) in [6.07, 6.45) is 4.54. The maximum Gasteiger partial charge on any atom is 0.306 e. The summed E-state index contributed by atoms with van der Waals surface area (Å²) in [5.74, 6) is -0.176. The zero-order valence-electron chi connectivity index (χ0n) is 12.2. The number of ether oxygens (including phenoxy) is 1. The Kier molecular flexibility index (Phi) is 5.68. The Balaban J connectivity index is 1.87. The van der Waals surface area contributed by atoms with Gasteiger partial charge in [0.2, 0.25) is 0 Å². The molecule has 0 aliphatic rings. The van der Waals surface area contributed by atoms with Crippen LogP contribution in [0.1, 0.15) is 37.6 Å². The smallest absolute Gasteiger partial charge is 0.306 e. The molecule has 0 radical (unpaired) electrons. The molecule has 0 aromatic carbocycles. The van der Waals surface area contributed by atoms with Crippen LogP contribution in [0.3, 0.4) is 0 Å². The molecule has 6 heteroatoms. The van der Waals surface area contributed by atoms with Crippen LogP contribution in [0.2, 0.25) is 0 Å². The highest BCUT2D eigenvalue weighted by atomic mass is 32.1. The molecule has 1 N–H and O–H groups in total. The number of hydrogen-bond acceptors (Lipinski definition) is 6. The molecule has 2 aromatic rings. The van der Waals surface area contributed by atoms with E-state index >= 15 is 0 Å². The SMILES string of the molecule is CCOC(=O)CCc1csc(NC(C)c2ccncc2)n1. The molecule has 2 rings (SSSR count). The number of nitrogens with zero attached hydrogens (tertiary/aromatic N) is 2. The van der Waals surface area contributed by atoms with Crippen molar-refractivity contribution in [3.05, 3.63) is 41.2 Å². The highest BCUT2D eigenvalue weighted by molar-refractivity contribution is 7.13. The molecule has 0 aliphatic heterocycles. The normalized spacial score (nSPS) is 11.9. The zero-order valence-corrected chi connectivity index (χ0v) is 13.0. The fourth-order valence-corrected chi connectivity index (χ4v) is 2.71. The van der Waals surface area contributed by atoms with E-state index in [1.807, 2.05) is 24.4 Å². The van der Waals surface area contributed by atoms with E-state index in [1.54, 1.807) is 23.7 Å². The van der Waals surface area contributed by atoms with Gasteiger partial charge in [0, 0.05) is 24.2 Å². The number of anilines is 1. The topological polar surface area (TPSA) is 64.1 Å². The number of carbonyl (C=O) groups excluding carboxylic acids is 1. The van der Waals surface area contributed by atoms with E-state index in [9.17, 15) is 4.79 Å². The highest BCUT2D eigenvalue weighted by Crippen LogP contribution is 2.22. The van der Waals surface area contributed by atoms with Crippen molar-refractivity contribution in [1.29, 1.82) is 0 Å². The van der Waals surface area contributed by atoms with Crippen LogP contribution in [0.5, 0.6) is 0 Å². The number of aryl methyl sites for hydroxylation is 1. The number of rotatable bonds is 7. The van der Waals surface area contributed by atoms with E-state index in [0.717, 1.165) is 16.4 Å². The number of hydrogen-bond donors (Lipinski definition) is 1. The fourth-order valence-electron chi connectivity index (χ4n) is 1.87. The molecule has 0 fully saturated rings. The Morgan fingerprint density at radius 2 is 2.19 bits per heavy atom. The number of aromatic nitrogens is 2. The number of thiazole rings is 1. The molecule has 2 heterocycles. The molecule has 0 bridgehead atoms. The minimum absolute atomic E-state index is 0.164. The van der Waals surface area contributed by atoms with Gasteiger partial charge in [-0.25, -0.2) is 4.98 Å². The van der Waals surface area contributed by atoms with Gasteiger partial charge in [0.15, 0.2) is 5.13 Å². The first kappa shape index (κ1) is 15.4. The maximum absolute atomic E-state index is 11.3. The van der Waals surface area contributed by atoms with Gasteiger partial charge in [-0.05, 0) is 31.5 Å². The minimum atomic E-state index is -0.176. The summed E-state index contributed by atoms with van der Waals surface area (Å²) in [6, 6.07) is 4.12. The van der Waals surface area contributed by atoms with E-state index in [0.29, 0.717) is 19.4 Å². The molecular formula is C15H19N3O2S. The van der Waals surface area contributed by atoms with Gasteiger partial charge in [-0.15, -0.1) is 11.3 Å². The molecule has 0 amide bonds. The van der Waals surface area contributed by atoms with Gasteiger partial charge in [-0.1, -0.05) is 0 Å². The van der Waals surface area contributed by atoms with Crippen LogP contribution in [0.25, 0.3) is 0 Å². The average molecular weight is 305 g/mol. The standard InChI is InChI=1S/C15H19N3O2S/c1-3-20-14(19)5-4-13-10-21-15(18-13)17-11(2)12-6-8-16-9-7-12/h6-11H,3-5H2,1-2H3,(H,17,18). The van der Waals surface area contributed by atoms with Gasteiger partial charge in [0.05, 0.1) is 24.8 Å². The summed E-state index contributed by atoms with van der Waals surface area (Å²) < 4.78 is 4.91. The Morgan fingerprint density at radius 1 is 1.43 bits per heavy atom. The monoisotopic (exact) mass is 305 g/mol. The predicted molar refractivity (Wildman–Crippen MR) is 83.3 cm³/mol. The van der Waals surface area contributed by atoms with Crippen molar-refractivity contribution in [2.75, 3.05) is 11.9 Å². The van der Waals surface area contributed by atoms with Gasteiger partial charge in [0.25, 0.3) is 0 Å². The summed E-state index contributed by atoms with van der Waals surface area (Å²) >= 11 is 1.55. The third-order valence-corrected chi connectivity index (χ3v) is 3.81. The molecule has 0 spiro atoms. The Hall–Kier alpha value is -1.95. The first-order chi connectivity index (χ1) is 10.2. The van der Waals surface area contributed by atoms with E-state index in [2.05, 4.69) is 22.2 Å². The van der Waals surface area contributed by atoms with Gasteiger partial charge >= 0.3 is 5.97 Å². The molecule has 0 aliphatic carbocycles. The van der Waals surface area contributed by atoms with Crippen molar-refractivity contribution in [2.45, 2.75) is 32.7 Å². The van der Waals surface area contributed by atoms with Crippen LogP contribution in [0, 0.1) is 0 Å². The Morgan fingerprint density at radius 3 is 2.90 bits per heavy atom. The predicted octanol–water partition coefficient (Wildman–Crippen LogP) is 3.21. The van der Waals surface area contributed by atoms with Crippen LogP contribution in [0.15, 0.2) is 29.9 Å². The van der Waals surface area contributed by atoms with Crippen LogP contribution in [-0.4, -0.2) is 22.5 Å². The lowest BCUT2D eigenvalue weighted by molar-refractivity contribution is -0.143. The fraction of sp³-hybridized carbons (Fsp3) is 0.400. The number of nitrogens with one attached hydrogen (secondary N) is 1. The first-order valence-electron chi connectivity index (χ1n) is 6.95. The van der Waals surface area contributed by atoms with Crippen molar-refractivity contribution in [3.8, 4) is 0 Å². The van der Waals surface area contributed by atoms with E-state index in [-0.39, 0.29) is 12.0 Å². The van der Waals surface area contributed by atoms with Crippen molar-refractivity contribution in [3.63, 3.8) is 0 Å². The lowest BCUT2D eigenvalue weighted by Gasteiger charge is -2.12. The largest absolute Gasteiger partial charge is 0.466 e. The third-order valence-electron chi connectivity index (χ3n) is 2.99. The number of carbonyl (C=O) groups is 1. The summed E-state index contributed by atoms with van der Waals surface area (Å²) in [6.45, 7) is 4.31. The average Bonchev–Trinajstić information content (AvgIpc) is 2.94. The molecule has 112 valence electrons. The highest BCUT2D eigenvalue weighted by Gasteiger charge is 2.09. The summed E-state index contributed by atoms with van der Waals surface area (Å²) in [4.78, 5) is 19.8.